The van der Waals surface area contributed by atoms with E-state index in [1.165, 1.54) is 16.8 Å². The molecule has 1 fully saturated rings. The molecule has 3 N–H and O–H groups in total. The maximum absolute atomic E-state index is 12.6. The lowest BCUT2D eigenvalue weighted by atomic mass is 10.2. The first-order valence-electron chi connectivity index (χ1n) is 8.42. The maximum Gasteiger partial charge on any atom is 0.331 e. The van der Waals surface area contributed by atoms with E-state index >= 15 is 0 Å². The highest BCUT2D eigenvalue weighted by atomic mass is 16.2. The third kappa shape index (κ3) is 4.24. The van der Waals surface area contributed by atoms with Crippen LogP contribution in [0, 0.1) is 5.92 Å². The van der Waals surface area contributed by atoms with Gasteiger partial charge in [-0.1, -0.05) is 30.3 Å². The number of nitrogens with one attached hydrogen (secondary N) is 1. The highest BCUT2D eigenvalue weighted by Crippen LogP contribution is 2.32. The van der Waals surface area contributed by atoms with E-state index in [4.69, 9.17) is 5.73 Å². The number of carbonyl (C=O) groups is 1. The topological polar surface area (TPSA) is 99.1 Å². The van der Waals surface area contributed by atoms with Gasteiger partial charge in [0, 0.05) is 24.8 Å². The molecule has 0 bridgehead atoms. The molecule has 3 rings (SSSR count). The van der Waals surface area contributed by atoms with Crippen LogP contribution in [0.15, 0.2) is 52.2 Å². The van der Waals surface area contributed by atoms with Gasteiger partial charge in [0.1, 0.15) is 6.54 Å². The molecule has 7 nitrogen and oxygen atoms in total. The van der Waals surface area contributed by atoms with E-state index in [0.717, 1.165) is 23.0 Å². The molecule has 1 aromatic heterocycles. The number of amides is 1. The van der Waals surface area contributed by atoms with Gasteiger partial charge in [0.2, 0.25) is 5.91 Å². The third-order valence-electron chi connectivity index (χ3n) is 4.43. The lowest BCUT2D eigenvalue weighted by Crippen LogP contribution is -2.47. The number of benzene rings is 1. The smallest absolute Gasteiger partial charge is 0.331 e. The standard InChI is InChI=1S/C18H22N4O3/c19-10-15(14-6-7-14)20-16(23)12-22-17(24)8-9-21(18(22)25)11-13-4-2-1-3-5-13/h1-5,8-9,14-15H,6-7,10-12,19H2,(H,20,23). The van der Waals surface area contributed by atoms with Crippen LogP contribution >= 0.6 is 0 Å². The van der Waals surface area contributed by atoms with Gasteiger partial charge in [-0.25, -0.2) is 4.79 Å². The van der Waals surface area contributed by atoms with Crippen molar-refractivity contribution in [1.82, 2.24) is 14.5 Å². The van der Waals surface area contributed by atoms with Crippen LogP contribution in [0.2, 0.25) is 0 Å². The Kier molecular flexibility index (Phi) is 5.14. The second-order valence-corrected chi connectivity index (χ2v) is 6.38. The van der Waals surface area contributed by atoms with Gasteiger partial charge in [0.15, 0.2) is 0 Å². The fourth-order valence-electron chi connectivity index (χ4n) is 2.87. The Labute approximate surface area is 145 Å². The number of aromatic nitrogens is 2. The van der Waals surface area contributed by atoms with Gasteiger partial charge in [-0.05, 0) is 24.3 Å². The van der Waals surface area contributed by atoms with Crippen LogP contribution in [-0.4, -0.2) is 27.6 Å². The first-order valence-corrected chi connectivity index (χ1v) is 8.42. The summed E-state index contributed by atoms with van der Waals surface area (Å²) in [6.07, 6.45) is 3.56. The van der Waals surface area contributed by atoms with Crippen LogP contribution in [0.25, 0.3) is 0 Å². The molecule has 0 aliphatic heterocycles. The Morgan fingerprint density at radius 3 is 2.56 bits per heavy atom. The molecule has 1 unspecified atom stereocenters. The van der Waals surface area contributed by atoms with Gasteiger partial charge in [-0.3, -0.25) is 18.7 Å². The molecule has 1 amide bonds. The zero-order valence-electron chi connectivity index (χ0n) is 13.9. The normalized spacial score (nSPS) is 14.9. The van der Waals surface area contributed by atoms with Gasteiger partial charge in [-0.2, -0.15) is 0 Å². The molecule has 0 saturated heterocycles. The van der Waals surface area contributed by atoms with Crippen molar-refractivity contribution in [3.05, 3.63) is 69.0 Å². The van der Waals surface area contributed by atoms with Gasteiger partial charge in [-0.15, -0.1) is 0 Å². The molecule has 0 spiro atoms. The van der Waals surface area contributed by atoms with Crippen LogP contribution in [0.4, 0.5) is 0 Å². The van der Waals surface area contributed by atoms with Crippen LogP contribution in [0.3, 0.4) is 0 Å². The quantitative estimate of drug-likeness (QED) is 0.735. The average molecular weight is 342 g/mol. The average Bonchev–Trinajstić information content (AvgIpc) is 3.45. The fourth-order valence-corrected chi connectivity index (χ4v) is 2.87. The molecule has 0 radical (unpaired) electrons. The molecule has 1 heterocycles. The second-order valence-electron chi connectivity index (χ2n) is 6.38. The van der Waals surface area contributed by atoms with E-state index in [1.807, 2.05) is 30.3 Å². The molecular weight excluding hydrogens is 320 g/mol. The van der Waals surface area contributed by atoms with Gasteiger partial charge >= 0.3 is 5.69 Å². The molecule has 1 saturated carbocycles. The molecular formula is C18H22N4O3. The Morgan fingerprint density at radius 1 is 1.20 bits per heavy atom. The Morgan fingerprint density at radius 2 is 1.92 bits per heavy atom. The largest absolute Gasteiger partial charge is 0.350 e. The van der Waals surface area contributed by atoms with Crippen LogP contribution in [0.1, 0.15) is 18.4 Å². The number of hydrogen-bond acceptors (Lipinski definition) is 4. The third-order valence-corrected chi connectivity index (χ3v) is 4.43. The summed E-state index contributed by atoms with van der Waals surface area (Å²) in [6.45, 7) is 0.407. The van der Waals surface area contributed by atoms with Crippen LogP contribution in [-0.2, 0) is 17.9 Å². The van der Waals surface area contributed by atoms with Crippen molar-refractivity contribution in [2.24, 2.45) is 11.7 Å². The summed E-state index contributed by atoms with van der Waals surface area (Å²) in [5.41, 5.74) is 5.63. The summed E-state index contributed by atoms with van der Waals surface area (Å²) in [7, 11) is 0. The molecule has 25 heavy (non-hydrogen) atoms. The van der Waals surface area contributed by atoms with Crippen LogP contribution < -0.4 is 22.3 Å². The summed E-state index contributed by atoms with van der Waals surface area (Å²) in [5, 5.41) is 2.83. The Balaban J connectivity index is 1.76. The first kappa shape index (κ1) is 17.2. The van der Waals surface area contributed by atoms with Crippen molar-refractivity contribution in [3.63, 3.8) is 0 Å². The zero-order valence-corrected chi connectivity index (χ0v) is 13.9. The summed E-state index contributed by atoms with van der Waals surface area (Å²) in [5.74, 6) is 0.0511. The summed E-state index contributed by atoms with van der Waals surface area (Å²) in [4.78, 5) is 36.8. The molecule has 1 atom stereocenters. The van der Waals surface area contributed by atoms with E-state index in [0.29, 0.717) is 19.0 Å². The lowest BCUT2D eigenvalue weighted by molar-refractivity contribution is -0.122. The van der Waals surface area contributed by atoms with Crippen molar-refractivity contribution in [2.45, 2.75) is 32.0 Å². The molecule has 7 heteroatoms. The number of carbonyl (C=O) groups excluding carboxylic acids is 1. The SMILES string of the molecule is NCC(NC(=O)Cn1c(=O)ccn(Cc2ccccc2)c1=O)C1CC1. The van der Waals surface area contributed by atoms with E-state index in [1.54, 1.807) is 0 Å². The zero-order chi connectivity index (χ0) is 17.8. The van der Waals surface area contributed by atoms with Gasteiger partial charge < -0.3 is 11.1 Å². The van der Waals surface area contributed by atoms with Crippen molar-refractivity contribution < 1.29 is 4.79 Å². The molecule has 1 aliphatic carbocycles. The van der Waals surface area contributed by atoms with Gasteiger partial charge in [0.25, 0.3) is 5.56 Å². The minimum atomic E-state index is -0.498. The summed E-state index contributed by atoms with van der Waals surface area (Å²) >= 11 is 0. The fraction of sp³-hybridized carbons (Fsp3) is 0.389. The summed E-state index contributed by atoms with van der Waals surface area (Å²) in [6, 6.07) is 10.7. The number of hydrogen-bond donors (Lipinski definition) is 2. The van der Waals surface area contributed by atoms with Crippen molar-refractivity contribution in [1.29, 1.82) is 0 Å². The predicted octanol–water partition coefficient (Wildman–Crippen LogP) is -0.0882. The maximum atomic E-state index is 12.6. The van der Waals surface area contributed by atoms with E-state index in [-0.39, 0.29) is 18.5 Å². The Bertz CT molecular complexity index is 853. The highest BCUT2D eigenvalue weighted by Gasteiger charge is 2.31. The molecule has 1 aromatic carbocycles. The van der Waals surface area contributed by atoms with Gasteiger partial charge in [0.05, 0.1) is 6.54 Å². The minimum Gasteiger partial charge on any atom is -0.350 e. The number of nitrogens with two attached hydrogens (primary N) is 1. The highest BCUT2D eigenvalue weighted by molar-refractivity contribution is 5.76. The van der Waals surface area contributed by atoms with Crippen molar-refractivity contribution >= 4 is 5.91 Å². The number of nitrogens with zero attached hydrogens (tertiary/aromatic N) is 2. The Hall–Kier alpha value is -2.67. The van der Waals surface area contributed by atoms with Crippen LogP contribution in [0.5, 0.6) is 0 Å². The molecule has 2 aromatic rings. The van der Waals surface area contributed by atoms with E-state index in [9.17, 15) is 14.4 Å². The minimum absolute atomic E-state index is 0.0848. The lowest BCUT2D eigenvalue weighted by Gasteiger charge is -2.16. The first-order chi connectivity index (χ1) is 12.1. The number of rotatable bonds is 7. The second kappa shape index (κ2) is 7.48. The van der Waals surface area contributed by atoms with E-state index in [2.05, 4.69) is 5.32 Å². The molecule has 1 aliphatic rings. The molecule has 132 valence electrons. The van der Waals surface area contributed by atoms with E-state index < -0.39 is 11.2 Å². The monoisotopic (exact) mass is 342 g/mol. The van der Waals surface area contributed by atoms with Crippen molar-refractivity contribution in [2.75, 3.05) is 6.54 Å². The summed E-state index contributed by atoms with van der Waals surface area (Å²) < 4.78 is 2.38. The predicted molar refractivity (Wildman–Crippen MR) is 94.2 cm³/mol. The van der Waals surface area contributed by atoms with Crippen molar-refractivity contribution in [3.8, 4) is 0 Å².